The largest absolute Gasteiger partial charge is 0.490 e. The number of aromatic nitrogens is 3. The zero-order chi connectivity index (χ0) is 31.7. The number of halogens is 1. The number of carbonyl (C=O) groups excluding carboxylic acids is 1. The Bertz CT molecular complexity index is 1640. The topological polar surface area (TPSA) is 89.7 Å². The van der Waals surface area contributed by atoms with Gasteiger partial charge >= 0.3 is 0 Å². The second-order valence-corrected chi connectivity index (χ2v) is 16.6. The molecule has 2 aliphatic rings. The molecular formula is C35H41FN4O4Si. The minimum Gasteiger partial charge on any atom is -0.490 e. The van der Waals surface area contributed by atoms with Crippen molar-refractivity contribution >= 4 is 25.7 Å². The maximum atomic E-state index is 16.1. The average Bonchev–Trinajstić information content (AvgIpc) is 3.50. The molecule has 45 heavy (non-hydrogen) atoms. The van der Waals surface area contributed by atoms with E-state index in [2.05, 4.69) is 23.3 Å². The van der Waals surface area contributed by atoms with Gasteiger partial charge in [0.1, 0.15) is 11.9 Å². The summed E-state index contributed by atoms with van der Waals surface area (Å²) in [7, 11) is -1.55. The molecule has 0 spiro atoms. The lowest BCUT2D eigenvalue weighted by Gasteiger charge is -2.43. The van der Waals surface area contributed by atoms with Gasteiger partial charge in [-0.3, -0.25) is 14.4 Å². The summed E-state index contributed by atoms with van der Waals surface area (Å²) in [5, 5.41) is 18.7. The molecule has 3 heterocycles. The number of benzene rings is 3. The maximum absolute atomic E-state index is 16.1. The summed E-state index contributed by atoms with van der Waals surface area (Å²) in [4.78, 5) is 14.9. The van der Waals surface area contributed by atoms with E-state index in [9.17, 15) is 9.90 Å². The van der Waals surface area contributed by atoms with E-state index in [0.717, 1.165) is 34.5 Å². The van der Waals surface area contributed by atoms with E-state index in [-0.39, 0.29) is 36.0 Å². The first-order chi connectivity index (χ1) is 21.7. The van der Waals surface area contributed by atoms with Crippen LogP contribution in [0, 0.1) is 5.92 Å². The number of hydrogen-bond donors (Lipinski definition) is 1. The van der Waals surface area contributed by atoms with Gasteiger partial charge in [-0.2, -0.15) is 0 Å². The Kier molecular flexibility index (Phi) is 8.90. The summed E-state index contributed by atoms with van der Waals surface area (Å²) in [6.45, 7) is 5.91. The van der Waals surface area contributed by atoms with Crippen LogP contribution in [0.3, 0.4) is 0 Å². The van der Waals surface area contributed by atoms with Crippen molar-refractivity contribution in [2.24, 2.45) is 5.92 Å². The number of aliphatic hydroxyl groups excluding tert-OH is 1. The molecule has 0 aliphatic carbocycles. The van der Waals surface area contributed by atoms with Crippen LogP contribution in [-0.2, 0) is 22.5 Å². The van der Waals surface area contributed by atoms with Crippen LogP contribution in [-0.4, -0.2) is 54.2 Å². The minimum absolute atomic E-state index is 0.0564. The molecule has 10 heteroatoms. The molecule has 2 unspecified atom stereocenters. The second kappa shape index (κ2) is 12.9. The molecule has 0 saturated heterocycles. The quantitative estimate of drug-likeness (QED) is 0.155. The summed E-state index contributed by atoms with van der Waals surface area (Å²) < 4.78 is 30.6. The van der Waals surface area contributed by atoms with Gasteiger partial charge < -0.3 is 18.7 Å². The van der Waals surface area contributed by atoms with E-state index in [4.69, 9.17) is 9.47 Å². The lowest BCUT2D eigenvalue weighted by molar-refractivity contribution is -0.118. The Labute approximate surface area is 265 Å². The van der Waals surface area contributed by atoms with Gasteiger partial charge in [0, 0.05) is 49.0 Å². The Balaban J connectivity index is 1.24. The summed E-state index contributed by atoms with van der Waals surface area (Å²) in [5.41, 5.74) is 4.99. The van der Waals surface area contributed by atoms with Crippen molar-refractivity contribution in [3.05, 3.63) is 101 Å². The highest BCUT2D eigenvalue weighted by molar-refractivity contribution is 6.72. The monoisotopic (exact) mass is 628 g/mol. The fourth-order valence-electron chi connectivity index (χ4n) is 7.02. The highest BCUT2D eigenvalue weighted by atomic mass is 28.4. The predicted molar refractivity (Wildman–Crippen MR) is 174 cm³/mol. The smallest absolute Gasteiger partial charge is 0.247 e. The number of aryl methyl sites for hydroxylation is 2. The van der Waals surface area contributed by atoms with Crippen LogP contribution in [0.1, 0.15) is 54.2 Å². The van der Waals surface area contributed by atoms with Gasteiger partial charge in [0.05, 0.1) is 30.0 Å². The summed E-state index contributed by atoms with van der Waals surface area (Å²) in [6, 6.07) is 23.5. The van der Waals surface area contributed by atoms with Crippen LogP contribution in [0.4, 0.5) is 15.5 Å². The lowest BCUT2D eigenvalue weighted by Crippen LogP contribution is -2.46. The Morgan fingerprint density at radius 2 is 1.84 bits per heavy atom. The molecule has 3 aromatic carbocycles. The van der Waals surface area contributed by atoms with Crippen molar-refractivity contribution in [1.82, 2.24) is 15.0 Å². The van der Waals surface area contributed by atoms with Gasteiger partial charge in [0.2, 0.25) is 14.3 Å². The number of fused-ring (bicyclic) bond motifs is 2. The molecule has 8 nitrogen and oxygen atoms in total. The molecule has 5 atom stereocenters. The third-order valence-electron chi connectivity index (χ3n) is 9.41. The summed E-state index contributed by atoms with van der Waals surface area (Å²) in [5.74, 6) is 0.298. The number of methoxy groups -OCH3 is 1. The molecule has 236 valence electrons. The van der Waals surface area contributed by atoms with Crippen LogP contribution in [0.15, 0.2) is 79.0 Å². The average molecular weight is 629 g/mol. The van der Waals surface area contributed by atoms with Crippen molar-refractivity contribution in [2.75, 3.05) is 18.6 Å². The number of hydrogen-bond acceptors (Lipinski definition) is 6. The van der Waals surface area contributed by atoms with E-state index in [1.54, 1.807) is 29.8 Å². The zero-order valence-corrected chi connectivity index (χ0v) is 27.3. The van der Waals surface area contributed by atoms with Crippen LogP contribution in [0.5, 0.6) is 5.75 Å². The molecule has 1 aromatic heterocycles. The van der Waals surface area contributed by atoms with E-state index in [0.29, 0.717) is 30.8 Å². The molecule has 2 aliphatic heterocycles. The van der Waals surface area contributed by atoms with Crippen LogP contribution in [0.25, 0.3) is 0 Å². The van der Waals surface area contributed by atoms with E-state index in [1.165, 1.54) is 0 Å². The third-order valence-corrected chi connectivity index (χ3v) is 11.8. The molecule has 1 N–H and O–H groups in total. The van der Waals surface area contributed by atoms with Crippen molar-refractivity contribution < 1.29 is 23.5 Å². The second-order valence-electron chi connectivity index (χ2n) is 12.7. The number of para-hydroxylation sites is 1. The van der Waals surface area contributed by atoms with Crippen molar-refractivity contribution in [3.63, 3.8) is 0 Å². The van der Waals surface area contributed by atoms with E-state index >= 15 is 4.11 Å². The number of ether oxygens (including phenoxy) is 2. The van der Waals surface area contributed by atoms with Crippen molar-refractivity contribution in [2.45, 2.75) is 69.5 Å². The fraction of sp³-hybridized carbons (Fsp3) is 0.400. The normalized spacial score (nSPS) is 21.1. The summed E-state index contributed by atoms with van der Waals surface area (Å²) in [6.07, 6.45) is 2.81. The standard InChI is InChI=1S/C35H41FN4O4Si/c1-23-34(43-2)27-20-26(40-30-13-9-8-12-25(30)14-17-33(40)42)15-16-31(27)44-35(23)32(45(3,4)36)18-19-39-21-29(37-38-39)28(22-41)24-10-6-5-7-11-24/h5-13,15-16,20-21,23,28,32,34-35,41H,14,17-19,22H2,1-4H3/t23-,28?,32?,34-,35-/m0/s1. The van der Waals surface area contributed by atoms with Crippen LogP contribution >= 0.6 is 0 Å². The van der Waals surface area contributed by atoms with E-state index in [1.807, 2.05) is 72.9 Å². The van der Waals surface area contributed by atoms with Gasteiger partial charge in [-0.25, -0.2) is 0 Å². The number of aliphatic hydroxyl groups is 1. The van der Waals surface area contributed by atoms with Crippen molar-refractivity contribution in [1.29, 1.82) is 0 Å². The van der Waals surface area contributed by atoms with Gasteiger partial charge in [-0.1, -0.05) is 60.7 Å². The molecule has 0 fully saturated rings. The number of rotatable bonds is 10. The maximum Gasteiger partial charge on any atom is 0.247 e. The van der Waals surface area contributed by atoms with Gasteiger partial charge in [0.25, 0.3) is 0 Å². The number of amides is 1. The number of nitrogens with zero attached hydrogens (tertiary/aromatic N) is 4. The Morgan fingerprint density at radius 1 is 1.09 bits per heavy atom. The molecule has 1 amide bonds. The SMILES string of the molecule is CO[C@@H]1c2cc(N3C(=O)CCc4ccccc43)ccc2O[C@H](C(CCn2cc(C(CO)c3ccccc3)nn2)[Si](C)(C)F)[C@H]1C. The Hall–Kier alpha value is -3.86. The molecule has 6 rings (SSSR count). The number of anilines is 2. The third kappa shape index (κ3) is 6.19. The highest BCUT2D eigenvalue weighted by Gasteiger charge is 2.47. The first-order valence-electron chi connectivity index (χ1n) is 15.7. The summed E-state index contributed by atoms with van der Waals surface area (Å²) >= 11 is 0. The van der Waals surface area contributed by atoms with Crippen LogP contribution in [0.2, 0.25) is 18.6 Å². The van der Waals surface area contributed by atoms with Gasteiger partial charge in [-0.15, -0.1) is 5.10 Å². The fourth-order valence-corrected chi connectivity index (χ4v) is 8.99. The van der Waals surface area contributed by atoms with Crippen LogP contribution < -0.4 is 9.64 Å². The minimum atomic E-state index is -3.23. The number of carbonyl (C=O) groups is 1. The predicted octanol–water partition coefficient (Wildman–Crippen LogP) is 6.73. The van der Waals surface area contributed by atoms with Gasteiger partial charge in [0.15, 0.2) is 0 Å². The zero-order valence-electron chi connectivity index (χ0n) is 26.3. The molecule has 4 aromatic rings. The Morgan fingerprint density at radius 3 is 2.58 bits per heavy atom. The first kappa shape index (κ1) is 31.1. The first-order valence-corrected chi connectivity index (χ1v) is 18.6. The molecule has 0 bridgehead atoms. The lowest BCUT2D eigenvalue weighted by atomic mass is 9.86. The van der Waals surface area contributed by atoms with E-state index < -0.39 is 14.5 Å². The highest BCUT2D eigenvalue weighted by Crippen LogP contribution is 2.49. The molecular weight excluding hydrogens is 587 g/mol. The molecule has 0 saturated carbocycles. The van der Waals surface area contributed by atoms with Crippen molar-refractivity contribution in [3.8, 4) is 5.75 Å². The molecule has 0 radical (unpaired) electrons. The van der Waals surface area contributed by atoms with Gasteiger partial charge in [-0.05, 0) is 61.3 Å².